The molecule has 0 radical (unpaired) electrons. The van der Waals surface area contributed by atoms with Crippen molar-refractivity contribution in [2.45, 2.75) is 59.5 Å². The van der Waals surface area contributed by atoms with E-state index >= 15 is 0 Å². The third kappa shape index (κ3) is 3.57. The number of pyridine rings is 1. The fourth-order valence-corrected chi connectivity index (χ4v) is 4.82. The quantitative estimate of drug-likeness (QED) is 0.728. The Balaban J connectivity index is 1.78. The van der Waals surface area contributed by atoms with Crippen LogP contribution in [0.4, 0.5) is 5.13 Å². The number of fused-ring (bicyclic) bond motifs is 1. The lowest BCUT2D eigenvalue weighted by atomic mass is 10.0. The monoisotopic (exact) mass is 412 g/mol. The summed E-state index contributed by atoms with van der Waals surface area (Å²) in [5.74, 6) is 0.135. The number of nitrogens with one attached hydrogen (secondary N) is 1. The van der Waals surface area contributed by atoms with Crippen LogP contribution in [0, 0.1) is 12.8 Å². The number of hydrogen-bond donors (Lipinski definition) is 1. The Morgan fingerprint density at radius 2 is 2.07 bits per heavy atom. The Morgan fingerprint density at radius 3 is 2.69 bits per heavy atom. The first kappa shape index (κ1) is 19.7. The van der Waals surface area contributed by atoms with Crippen molar-refractivity contribution < 1.29 is 14.4 Å². The van der Waals surface area contributed by atoms with E-state index in [0.717, 1.165) is 29.0 Å². The number of aromatic nitrogens is 2. The minimum atomic E-state index is -0.190. The summed E-state index contributed by atoms with van der Waals surface area (Å²) in [5, 5.41) is 3.19. The number of carbonyl (C=O) groups excluding carboxylic acids is 3. The number of amides is 2. The molecule has 0 aromatic carbocycles. The molecule has 4 rings (SSSR count). The van der Waals surface area contributed by atoms with E-state index < -0.39 is 0 Å². The van der Waals surface area contributed by atoms with Crippen LogP contribution >= 0.6 is 11.3 Å². The number of thiazole rings is 1. The van der Waals surface area contributed by atoms with Gasteiger partial charge < -0.3 is 10.2 Å². The number of hydrogen-bond acceptors (Lipinski definition) is 6. The molecule has 2 aromatic heterocycles. The highest BCUT2D eigenvalue weighted by Crippen LogP contribution is 2.40. The minimum Gasteiger partial charge on any atom is -0.331 e. The standard InChI is InChI=1S/C21H24N4O3S/c1-5-16(27)18-17-14(9-25(20(17)28)11(3)13-6-7-13)8-15(24-18)19-10(2)22-21(29-19)23-12(4)26/h8,11,13H,5-7,9H2,1-4H3,(H,22,23,26)/t11-/m0/s1. The minimum absolute atomic E-state index is 0.0878. The molecule has 1 saturated carbocycles. The molecule has 0 spiro atoms. The molecule has 2 aliphatic rings. The lowest BCUT2D eigenvalue weighted by Gasteiger charge is -2.23. The first-order valence-electron chi connectivity index (χ1n) is 9.93. The number of ketones is 1. The van der Waals surface area contributed by atoms with Crippen LogP contribution in [-0.2, 0) is 11.3 Å². The highest BCUT2D eigenvalue weighted by Gasteiger charge is 2.41. The maximum atomic E-state index is 13.1. The molecule has 1 atom stereocenters. The molecular formula is C21H24N4O3S. The van der Waals surface area contributed by atoms with Gasteiger partial charge in [-0.15, -0.1) is 0 Å². The van der Waals surface area contributed by atoms with Gasteiger partial charge in [0.25, 0.3) is 5.91 Å². The summed E-state index contributed by atoms with van der Waals surface area (Å²) in [6, 6.07) is 2.07. The summed E-state index contributed by atoms with van der Waals surface area (Å²) in [6.07, 6.45) is 2.59. The van der Waals surface area contributed by atoms with Crippen molar-refractivity contribution in [3.05, 3.63) is 28.6 Å². The zero-order chi connectivity index (χ0) is 20.9. The number of Topliss-reactive ketones (excluding diaryl/α,β-unsaturated/α-hetero) is 1. The Kier molecular flexibility index (Phi) is 4.98. The van der Waals surface area contributed by atoms with Gasteiger partial charge >= 0.3 is 0 Å². The molecule has 1 fully saturated rings. The maximum absolute atomic E-state index is 13.1. The second-order valence-corrected chi connectivity index (χ2v) is 8.79. The first-order chi connectivity index (χ1) is 13.8. The average molecular weight is 413 g/mol. The zero-order valence-electron chi connectivity index (χ0n) is 17.0. The molecule has 2 amide bonds. The van der Waals surface area contributed by atoms with Gasteiger partial charge in [0.05, 0.1) is 21.8 Å². The molecule has 8 heteroatoms. The van der Waals surface area contributed by atoms with E-state index in [4.69, 9.17) is 0 Å². The van der Waals surface area contributed by atoms with E-state index in [2.05, 4.69) is 22.2 Å². The predicted molar refractivity (Wildman–Crippen MR) is 111 cm³/mol. The van der Waals surface area contributed by atoms with Gasteiger partial charge in [0.1, 0.15) is 5.69 Å². The van der Waals surface area contributed by atoms with Crippen molar-refractivity contribution in [2.24, 2.45) is 5.92 Å². The van der Waals surface area contributed by atoms with E-state index in [1.54, 1.807) is 6.92 Å². The molecule has 3 heterocycles. The molecule has 1 aliphatic carbocycles. The van der Waals surface area contributed by atoms with Gasteiger partial charge in [-0.25, -0.2) is 9.97 Å². The topological polar surface area (TPSA) is 92.3 Å². The average Bonchev–Trinajstić information content (AvgIpc) is 3.39. The van der Waals surface area contributed by atoms with Gasteiger partial charge in [0.2, 0.25) is 5.91 Å². The Bertz CT molecular complexity index is 1030. The summed E-state index contributed by atoms with van der Waals surface area (Å²) in [4.78, 5) is 48.8. The van der Waals surface area contributed by atoms with Gasteiger partial charge in [-0.1, -0.05) is 18.3 Å². The normalized spacial score (nSPS) is 16.7. The summed E-state index contributed by atoms with van der Waals surface area (Å²) in [7, 11) is 0. The summed E-state index contributed by atoms with van der Waals surface area (Å²) in [5.41, 5.74) is 2.91. The van der Waals surface area contributed by atoms with Crippen LogP contribution in [0.25, 0.3) is 10.6 Å². The molecule has 0 unspecified atom stereocenters. The second kappa shape index (κ2) is 7.33. The van der Waals surface area contributed by atoms with Crippen LogP contribution < -0.4 is 5.32 Å². The SMILES string of the molecule is CCC(=O)c1nc(-c2sc(NC(C)=O)nc2C)cc2c1C(=O)N([C@@H](C)C1CC1)C2. The van der Waals surface area contributed by atoms with Crippen molar-refractivity contribution in [1.29, 1.82) is 0 Å². The molecule has 7 nitrogen and oxygen atoms in total. The van der Waals surface area contributed by atoms with Crippen molar-refractivity contribution in [3.8, 4) is 10.6 Å². The highest BCUT2D eigenvalue weighted by molar-refractivity contribution is 7.19. The molecule has 1 N–H and O–H groups in total. The largest absolute Gasteiger partial charge is 0.331 e. The molecule has 1 aliphatic heterocycles. The van der Waals surface area contributed by atoms with Crippen molar-refractivity contribution in [3.63, 3.8) is 0 Å². The van der Waals surface area contributed by atoms with Crippen LogP contribution in [0.2, 0.25) is 0 Å². The Hall–Kier alpha value is -2.61. The van der Waals surface area contributed by atoms with E-state index in [0.29, 0.717) is 28.9 Å². The van der Waals surface area contributed by atoms with E-state index in [1.165, 1.54) is 18.3 Å². The first-order valence-corrected chi connectivity index (χ1v) is 10.7. The highest BCUT2D eigenvalue weighted by atomic mass is 32.1. The predicted octanol–water partition coefficient (Wildman–Crippen LogP) is 3.82. The van der Waals surface area contributed by atoms with Crippen molar-refractivity contribution in [2.75, 3.05) is 5.32 Å². The molecule has 0 saturated heterocycles. The molecule has 152 valence electrons. The van der Waals surface area contributed by atoms with Gasteiger partial charge in [0.15, 0.2) is 10.9 Å². The van der Waals surface area contributed by atoms with Gasteiger partial charge in [-0.05, 0) is 44.2 Å². The molecular weight excluding hydrogens is 388 g/mol. The van der Waals surface area contributed by atoms with Crippen LogP contribution in [0.15, 0.2) is 6.07 Å². The summed E-state index contributed by atoms with van der Waals surface area (Å²) < 4.78 is 0. The number of anilines is 1. The lowest BCUT2D eigenvalue weighted by molar-refractivity contribution is -0.114. The van der Waals surface area contributed by atoms with Crippen molar-refractivity contribution in [1.82, 2.24) is 14.9 Å². The fraction of sp³-hybridized carbons (Fsp3) is 0.476. The smallest absolute Gasteiger partial charge is 0.257 e. The van der Waals surface area contributed by atoms with E-state index in [-0.39, 0.29) is 35.8 Å². The van der Waals surface area contributed by atoms with Crippen LogP contribution in [0.3, 0.4) is 0 Å². The van der Waals surface area contributed by atoms with E-state index in [9.17, 15) is 14.4 Å². The lowest BCUT2D eigenvalue weighted by Crippen LogP contribution is -2.35. The molecule has 2 aromatic rings. The van der Waals surface area contributed by atoms with Gasteiger partial charge in [0, 0.05) is 25.9 Å². The number of carbonyl (C=O) groups is 3. The van der Waals surface area contributed by atoms with Gasteiger partial charge in [-0.2, -0.15) is 0 Å². The Morgan fingerprint density at radius 1 is 1.34 bits per heavy atom. The number of aryl methyl sites for hydroxylation is 1. The van der Waals surface area contributed by atoms with Crippen LogP contribution in [0.1, 0.15) is 72.1 Å². The molecule has 0 bridgehead atoms. The third-order valence-corrected chi connectivity index (χ3v) is 6.71. The fourth-order valence-electron chi connectivity index (χ4n) is 3.85. The number of nitrogens with zero attached hydrogens (tertiary/aromatic N) is 3. The maximum Gasteiger partial charge on any atom is 0.257 e. The van der Waals surface area contributed by atoms with Crippen LogP contribution in [0.5, 0.6) is 0 Å². The molecule has 29 heavy (non-hydrogen) atoms. The summed E-state index contributed by atoms with van der Waals surface area (Å²) >= 11 is 1.32. The zero-order valence-corrected chi connectivity index (χ0v) is 17.9. The van der Waals surface area contributed by atoms with E-state index in [1.807, 2.05) is 17.9 Å². The third-order valence-electron chi connectivity index (χ3n) is 5.61. The van der Waals surface area contributed by atoms with Gasteiger partial charge in [-0.3, -0.25) is 14.4 Å². The van der Waals surface area contributed by atoms with Crippen molar-refractivity contribution >= 4 is 34.1 Å². The second-order valence-electron chi connectivity index (χ2n) is 7.79. The summed E-state index contributed by atoms with van der Waals surface area (Å²) in [6.45, 7) is 7.65. The Labute approximate surface area is 173 Å². The van der Waals surface area contributed by atoms with Crippen LogP contribution in [-0.4, -0.2) is 38.5 Å². The number of rotatable bonds is 6.